The molecule has 1 atom stereocenters. The van der Waals surface area contributed by atoms with E-state index in [1.807, 2.05) is 0 Å². The zero-order chi connectivity index (χ0) is 13.2. The van der Waals surface area contributed by atoms with E-state index in [-0.39, 0.29) is 0 Å². The van der Waals surface area contributed by atoms with E-state index in [0.29, 0.717) is 12.0 Å². The largest absolute Gasteiger partial charge is 0.376 e. The number of aromatic nitrogens is 2. The second-order valence-electron chi connectivity index (χ2n) is 5.16. The zero-order valence-electron chi connectivity index (χ0n) is 11.2. The van der Waals surface area contributed by atoms with Crippen molar-refractivity contribution in [3.8, 4) is 0 Å². The van der Waals surface area contributed by atoms with Crippen LogP contribution in [0.3, 0.4) is 0 Å². The summed E-state index contributed by atoms with van der Waals surface area (Å²) < 4.78 is 8.08. The van der Waals surface area contributed by atoms with Crippen LogP contribution in [0.5, 0.6) is 0 Å². The van der Waals surface area contributed by atoms with Crippen LogP contribution in [-0.4, -0.2) is 28.1 Å². The number of benzene rings is 1. The molecule has 3 nitrogen and oxygen atoms in total. The molecule has 3 rings (SSSR count). The number of rotatable bonds is 4. The molecule has 1 aliphatic heterocycles. The van der Waals surface area contributed by atoms with Gasteiger partial charge >= 0.3 is 0 Å². The smallest absolute Gasteiger partial charge is 0.111 e. The summed E-state index contributed by atoms with van der Waals surface area (Å²) in [5.74, 6) is 1.68. The third-order valence-electron chi connectivity index (χ3n) is 3.78. The Balaban J connectivity index is 2.04. The van der Waals surface area contributed by atoms with E-state index in [0.717, 1.165) is 37.3 Å². The molecule has 0 saturated carbocycles. The molecule has 0 spiro atoms. The van der Waals surface area contributed by atoms with E-state index in [1.54, 1.807) is 0 Å². The van der Waals surface area contributed by atoms with Gasteiger partial charge in [-0.3, -0.25) is 0 Å². The van der Waals surface area contributed by atoms with Gasteiger partial charge in [0.15, 0.2) is 0 Å². The number of aryl methyl sites for hydroxylation is 2. The molecule has 0 bridgehead atoms. The normalized spacial score (nSPS) is 19.4. The molecule has 102 valence electrons. The lowest BCUT2D eigenvalue weighted by molar-refractivity contribution is 0.0972. The fourth-order valence-corrected chi connectivity index (χ4v) is 3.05. The van der Waals surface area contributed by atoms with Crippen LogP contribution >= 0.6 is 11.6 Å². The van der Waals surface area contributed by atoms with Crippen molar-refractivity contribution in [1.29, 1.82) is 0 Å². The van der Waals surface area contributed by atoms with Crippen LogP contribution in [0.4, 0.5) is 0 Å². The molecular weight excluding hydrogens is 260 g/mol. The van der Waals surface area contributed by atoms with Crippen molar-refractivity contribution in [3.05, 3.63) is 29.6 Å². The van der Waals surface area contributed by atoms with Crippen LogP contribution in [0.2, 0.25) is 0 Å². The Morgan fingerprint density at radius 2 is 2.37 bits per heavy atom. The molecular formula is C15H19ClN2O. The van der Waals surface area contributed by atoms with Gasteiger partial charge in [0.1, 0.15) is 5.82 Å². The predicted molar refractivity (Wildman–Crippen MR) is 77.9 cm³/mol. The second-order valence-corrected chi connectivity index (χ2v) is 5.53. The van der Waals surface area contributed by atoms with Crippen LogP contribution in [0.15, 0.2) is 18.2 Å². The summed E-state index contributed by atoms with van der Waals surface area (Å²) in [6.07, 6.45) is 3.45. The Kier molecular flexibility index (Phi) is 3.76. The van der Waals surface area contributed by atoms with Gasteiger partial charge in [0.25, 0.3) is 0 Å². The topological polar surface area (TPSA) is 27.1 Å². The van der Waals surface area contributed by atoms with Crippen molar-refractivity contribution < 1.29 is 4.74 Å². The lowest BCUT2D eigenvalue weighted by Gasteiger charge is -2.14. The van der Waals surface area contributed by atoms with E-state index in [1.165, 1.54) is 17.5 Å². The van der Waals surface area contributed by atoms with Gasteiger partial charge in [0.2, 0.25) is 0 Å². The molecule has 2 heterocycles. The van der Waals surface area contributed by atoms with Crippen LogP contribution in [0.25, 0.3) is 11.0 Å². The van der Waals surface area contributed by atoms with Gasteiger partial charge in [-0.2, -0.15) is 0 Å². The maximum atomic E-state index is 5.91. The third-order valence-corrected chi connectivity index (χ3v) is 3.96. The van der Waals surface area contributed by atoms with Crippen LogP contribution < -0.4 is 0 Å². The van der Waals surface area contributed by atoms with Gasteiger partial charge in [-0.25, -0.2) is 4.98 Å². The summed E-state index contributed by atoms with van der Waals surface area (Å²) in [4.78, 5) is 4.73. The predicted octanol–water partition coefficient (Wildman–Crippen LogP) is 3.31. The molecule has 1 aromatic carbocycles. The summed E-state index contributed by atoms with van der Waals surface area (Å²) in [5, 5.41) is 0. The first kappa shape index (κ1) is 12.9. The quantitative estimate of drug-likeness (QED) is 0.803. The van der Waals surface area contributed by atoms with Crippen molar-refractivity contribution in [1.82, 2.24) is 9.55 Å². The standard InChI is InChI=1S/C15H19ClN2O/c1-11-4-2-6-13-15(11)18(14(17-13)7-8-16)10-12-5-3-9-19-12/h2,4,6,12H,3,5,7-10H2,1H3. The lowest BCUT2D eigenvalue weighted by Crippen LogP contribution is -2.17. The van der Waals surface area contributed by atoms with E-state index in [9.17, 15) is 0 Å². The molecule has 1 fully saturated rings. The lowest BCUT2D eigenvalue weighted by atomic mass is 10.2. The van der Waals surface area contributed by atoms with Gasteiger partial charge in [-0.1, -0.05) is 12.1 Å². The minimum atomic E-state index is 0.325. The molecule has 0 amide bonds. The van der Waals surface area contributed by atoms with Crippen molar-refractivity contribution >= 4 is 22.6 Å². The maximum Gasteiger partial charge on any atom is 0.111 e. The van der Waals surface area contributed by atoms with Crippen LogP contribution in [0.1, 0.15) is 24.2 Å². The van der Waals surface area contributed by atoms with E-state index < -0.39 is 0 Å². The molecule has 4 heteroatoms. The fourth-order valence-electron chi connectivity index (χ4n) is 2.88. The first-order valence-electron chi connectivity index (χ1n) is 6.92. The summed E-state index contributed by atoms with van der Waals surface area (Å²) in [5.41, 5.74) is 3.57. The highest BCUT2D eigenvalue weighted by Gasteiger charge is 2.20. The fraction of sp³-hybridized carbons (Fsp3) is 0.533. The highest BCUT2D eigenvalue weighted by molar-refractivity contribution is 6.17. The number of nitrogens with zero attached hydrogens (tertiary/aromatic N) is 2. The molecule has 1 saturated heterocycles. The zero-order valence-corrected chi connectivity index (χ0v) is 12.0. The number of para-hydroxylation sites is 1. The van der Waals surface area contributed by atoms with Gasteiger partial charge in [0, 0.05) is 18.9 Å². The first-order valence-corrected chi connectivity index (χ1v) is 7.45. The number of hydrogen-bond donors (Lipinski definition) is 0. The molecule has 1 unspecified atom stereocenters. The highest BCUT2D eigenvalue weighted by Crippen LogP contribution is 2.23. The number of ether oxygens (including phenoxy) is 1. The Bertz CT molecular complexity index is 573. The Morgan fingerprint density at radius 1 is 1.47 bits per heavy atom. The van der Waals surface area contributed by atoms with E-state index >= 15 is 0 Å². The SMILES string of the molecule is Cc1cccc2nc(CCCl)n(CC3CCCO3)c12. The number of fused-ring (bicyclic) bond motifs is 1. The summed E-state index contributed by atoms with van der Waals surface area (Å²) in [6, 6.07) is 6.28. The van der Waals surface area contributed by atoms with Crippen molar-refractivity contribution in [2.45, 2.75) is 38.8 Å². The number of hydrogen-bond acceptors (Lipinski definition) is 2. The molecule has 0 radical (unpaired) electrons. The van der Waals surface area contributed by atoms with Gasteiger partial charge in [-0.15, -0.1) is 11.6 Å². The van der Waals surface area contributed by atoms with E-state index in [2.05, 4.69) is 29.7 Å². The third kappa shape index (κ3) is 2.49. The molecule has 0 aliphatic carbocycles. The number of halogens is 1. The van der Waals surface area contributed by atoms with Gasteiger partial charge in [0.05, 0.1) is 23.7 Å². The summed E-state index contributed by atoms with van der Waals surface area (Å²) in [6.45, 7) is 3.93. The molecule has 1 aromatic heterocycles. The summed E-state index contributed by atoms with van der Waals surface area (Å²) in [7, 11) is 0. The van der Waals surface area contributed by atoms with Crippen LogP contribution in [0, 0.1) is 6.92 Å². The average molecular weight is 279 g/mol. The Labute approximate surface area is 118 Å². The summed E-state index contributed by atoms with van der Waals surface area (Å²) >= 11 is 5.91. The first-order chi connectivity index (χ1) is 9.29. The molecule has 19 heavy (non-hydrogen) atoms. The van der Waals surface area contributed by atoms with Gasteiger partial charge < -0.3 is 9.30 Å². The van der Waals surface area contributed by atoms with E-state index in [4.69, 9.17) is 21.3 Å². The minimum Gasteiger partial charge on any atom is -0.376 e. The highest BCUT2D eigenvalue weighted by atomic mass is 35.5. The number of imidazole rings is 1. The average Bonchev–Trinajstić information content (AvgIpc) is 3.00. The maximum absolute atomic E-state index is 5.91. The minimum absolute atomic E-state index is 0.325. The Morgan fingerprint density at radius 3 is 3.11 bits per heavy atom. The van der Waals surface area contributed by atoms with Crippen molar-refractivity contribution in [3.63, 3.8) is 0 Å². The Hall–Kier alpha value is -1.06. The molecule has 0 N–H and O–H groups in total. The van der Waals surface area contributed by atoms with Gasteiger partial charge in [-0.05, 0) is 31.4 Å². The molecule has 1 aliphatic rings. The van der Waals surface area contributed by atoms with Crippen LogP contribution in [-0.2, 0) is 17.7 Å². The second kappa shape index (κ2) is 5.51. The van der Waals surface area contributed by atoms with Crippen molar-refractivity contribution in [2.75, 3.05) is 12.5 Å². The molecule has 2 aromatic rings. The number of alkyl halides is 1. The van der Waals surface area contributed by atoms with Crippen molar-refractivity contribution in [2.24, 2.45) is 0 Å². The monoisotopic (exact) mass is 278 g/mol.